The van der Waals surface area contributed by atoms with Crippen LogP contribution in [-0.4, -0.2) is 6.21 Å². The highest BCUT2D eigenvalue weighted by molar-refractivity contribution is 5.76. The van der Waals surface area contributed by atoms with Crippen molar-refractivity contribution in [2.24, 2.45) is 10.4 Å². The first kappa shape index (κ1) is 7.35. The van der Waals surface area contributed by atoms with Crippen molar-refractivity contribution in [2.75, 3.05) is 0 Å². The number of aliphatic imine (C=N–C) groups is 1. The molecule has 0 radical (unpaired) electrons. The lowest BCUT2D eigenvalue weighted by Gasteiger charge is -2.10. The lowest BCUT2D eigenvalue weighted by Crippen LogP contribution is -2.21. The van der Waals surface area contributed by atoms with Crippen molar-refractivity contribution < 1.29 is 4.42 Å². The monoisotopic (exact) mass is 161 g/mol. The SMILES string of the molecule is CC1(C)C=NC=c2occc2=C1. The molecule has 2 nitrogen and oxygen atoms in total. The Hall–Kier alpha value is -1.31. The van der Waals surface area contributed by atoms with Crippen LogP contribution >= 0.6 is 0 Å². The number of nitrogens with zero attached hydrogens (tertiary/aromatic N) is 1. The minimum absolute atomic E-state index is 0.0195. The van der Waals surface area contributed by atoms with E-state index in [9.17, 15) is 0 Å². The number of rotatable bonds is 0. The molecule has 2 heterocycles. The van der Waals surface area contributed by atoms with Crippen molar-refractivity contribution in [3.8, 4) is 0 Å². The molecular weight excluding hydrogens is 150 g/mol. The van der Waals surface area contributed by atoms with Crippen LogP contribution < -0.4 is 10.6 Å². The molecule has 1 aromatic rings. The maximum atomic E-state index is 5.23. The summed E-state index contributed by atoms with van der Waals surface area (Å²) in [6.45, 7) is 4.24. The summed E-state index contributed by atoms with van der Waals surface area (Å²) in [5.74, 6) is 0. The predicted molar refractivity (Wildman–Crippen MR) is 49.2 cm³/mol. The van der Waals surface area contributed by atoms with Gasteiger partial charge in [0.15, 0.2) is 5.42 Å². The summed E-state index contributed by atoms with van der Waals surface area (Å²) < 4.78 is 5.23. The molecule has 0 atom stereocenters. The van der Waals surface area contributed by atoms with Crippen LogP contribution in [0.15, 0.2) is 21.7 Å². The molecule has 0 saturated heterocycles. The maximum Gasteiger partial charge on any atom is 0.151 e. The first-order valence-corrected chi connectivity index (χ1v) is 3.98. The molecular formula is C10H11NO. The zero-order valence-electron chi connectivity index (χ0n) is 7.24. The van der Waals surface area contributed by atoms with E-state index in [0.717, 1.165) is 10.6 Å². The number of fused-ring (bicyclic) bond motifs is 1. The van der Waals surface area contributed by atoms with E-state index in [4.69, 9.17) is 4.42 Å². The third kappa shape index (κ3) is 1.20. The summed E-state index contributed by atoms with van der Waals surface area (Å²) in [4.78, 5) is 4.16. The van der Waals surface area contributed by atoms with Crippen molar-refractivity contribution in [3.63, 3.8) is 0 Å². The lowest BCUT2D eigenvalue weighted by atomic mass is 9.94. The Bertz CT molecular complexity index is 423. The minimum Gasteiger partial charge on any atom is -0.463 e. The summed E-state index contributed by atoms with van der Waals surface area (Å²) in [7, 11) is 0. The van der Waals surface area contributed by atoms with Gasteiger partial charge in [0.25, 0.3) is 0 Å². The Morgan fingerprint density at radius 2 is 2.25 bits per heavy atom. The molecule has 0 aromatic carbocycles. The van der Waals surface area contributed by atoms with E-state index in [1.807, 2.05) is 12.3 Å². The van der Waals surface area contributed by atoms with Crippen LogP contribution in [0, 0.1) is 5.41 Å². The Morgan fingerprint density at radius 3 is 3.08 bits per heavy atom. The first-order valence-electron chi connectivity index (χ1n) is 3.98. The Morgan fingerprint density at radius 1 is 1.42 bits per heavy atom. The zero-order valence-corrected chi connectivity index (χ0v) is 7.24. The van der Waals surface area contributed by atoms with E-state index in [-0.39, 0.29) is 5.41 Å². The van der Waals surface area contributed by atoms with Crippen LogP contribution in [0.4, 0.5) is 0 Å². The average Bonchev–Trinajstić information content (AvgIpc) is 2.31. The molecule has 0 amide bonds. The van der Waals surface area contributed by atoms with Crippen molar-refractivity contribution in [3.05, 3.63) is 23.0 Å². The molecule has 0 fully saturated rings. The molecule has 2 heteroatoms. The van der Waals surface area contributed by atoms with E-state index in [1.165, 1.54) is 0 Å². The molecule has 12 heavy (non-hydrogen) atoms. The molecule has 62 valence electrons. The smallest absolute Gasteiger partial charge is 0.151 e. The molecule has 0 bridgehead atoms. The van der Waals surface area contributed by atoms with Gasteiger partial charge in [-0.3, -0.25) is 4.99 Å². The fourth-order valence-electron chi connectivity index (χ4n) is 1.29. The van der Waals surface area contributed by atoms with Gasteiger partial charge in [0.05, 0.1) is 12.5 Å². The van der Waals surface area contributed by atoms with E-state index in [0.29, 0.717) is 0 Å². The number of hydrogen-bond acceptors (Lipinski definition) is 2. The molecule has 0 spiro atoms. The van der Waals surface area contributed by atoms with E-state index >= 15 is 0 Å². The fraction of sp³-hybridized carbons (Fsp3) is 0.300. The molecule has 0 unspecified atom stereocenters. The van der Waals surface area contributed by atoms with Crippen LogP contribution in [0.1, 0.15) is 13.8 Å². The minimum atomic E-state index is 0.0195. The van der Waals surface area contributed by atoms with Crippen LogP contribution in [0.5, 0.6) is 0 Å². The predicted octanol–water partition coefficient (Wildman–Crippen LogP) is 0.909. The van der Waals surface area contributed by atoms with Crippen LogP contribution in [0.25, 0.3) is 12.3 Å². The van der Waals surface area contributed by atoms with Crippen molar-refractivity contribution >= 4 is 18.5 Å². The fourth-order valence-corrected chi connectivity index (χ4v) is 1.29. The molecule has 1 aliphatic rings. The third-order valence-electron chi connectivity index (χ3n) is 1.85. The van der Waals surface area contributed by atoms with Gasteiger partial charge in [-0.05, 0) is 6.07 Å². The summed E-state index contributed by atoms with van der Waals surface area (Å²) >= 11 is 0. The van der Waals surface area contributed by atoms with Crippen molar-refractivity contribution in [1.82, 2.24) is 0 Å². The first-order chi connectivity index (χ1) is 5.67. The topological polar surface area (TPSA) is 25.5 Å². The van der Waals surface area contributed by atoms with E-state index in [2.05, 4.69) is 24.9 Å². The summed E-state index contributed by atoms with van der Waals surface area (Å²) in [5.41, 5.74) is 0.864. The molecule has 1 aliphatic heterocycles. The van der Waals surface area contributed by atoms with Gasteiger partial charge >= 0.3 is 0 Å². The second-order valence-electron chi connectivity index (χ2n) is 3.61. The Kier molecular flexibility index (Phi) is 1.43. The van der Waals surface area contributed by atoms with Gasteiger partial charge in [-0.15, -0.1) is 0 Å². The highest BCUT2D eigenvalue weighted by Gasteiger charge is 2.11. The largest absolute Gasteiger partial charge is 0.463 e. The zero-order chi connectivity index (χ0) is 8.60. The second-order valence-corrected chi connectivity index (χ2v) is 3.61. The number of hydrogen-bond donors (Lipinski definition) is 0. The molecule has 1 aromatic heterocycles. The maximum absolute atomic E-state index is 5.23. The normalized spacial score (nSPS) is 18.8. The van der Waals surface area contributed by atoms with Gasteiger partial charge in [-0.25, -0.2) is 0 Å². The van der Waals surface area contributed by atoms with Crippen LogP contribution in [0.2, 0.25) is 0 Å². The lowest BCUT2D eigenvalue weighted by molar-refractivity contribution is 0.530. The van der Waals surface area contributed by atoms with Gasteiger partial charge in [0.2, 0.25) is 0 Å². The molecule has 2 rings (SSSR count). The molecule has 0 saturated carbocycles. The van der Waals surface area contributed by atoms with E-state index < -0.39 is 0 Å². The summed E-state index contributed by atoms with van der Waals surface area (Å²) in [6, 6.07) is 1.96. The van der Waals surface area contributed by atoms with Crippen molar-refractivity contribution in [2.45, 2.75) is 13.8 Å². The molecule has 0 aliphatic carbocycles. The molecule has 0 N–H and O–H groups in total. The van der Waals surface area contributed by atoms with Crippen LogP contribution in [-0.2, 0) is 0 Å². The highest BCUT2D eigenvalue weighted by atomic mass is 16.3. The second kappa shape index (κ2) is 2.34. The standard InChI is InChI=1S/C10H11NO/c1-10(2)5-8-3-4-12-9(8)6-11-7-10/h3-7H,1-2H3. The van der Waals surface area contributed by atoms with Gasteiger partial charge in [0.1, 0.15) is 0 Å². The van der Waals surface area contributed by atoms with E-state index in [1.54, 1.807) is 12.5 Å². The Labute approximate surface area is 70.9 Å². The quantitative estimate of drug-likeness (QED) is 0.555. The average molecular weight is 161 g/mol. The van der Waals surface area contributed by atoms with Crippen LogP contribution in [0.3, 0.4) is 0 Å². The summed E-state index contributed by atoms with van der Waals surface area (Å²) in [6.07, 6.45) is 7.51. The van der Waals surface area contributed by atoms with Gasteiger partial charge in [-0.1, -0.05) is 19.9 Å². The van der Waals surface area contributed by atoms with Gasteiger partial charge in [-0.2, -0.15) is 0 Å². The number of furan rings is 1. The Balaban J connectivity index is 2.75. The van der Waals surface area contributed by atoms with Crippen molar-refractivity contribution in [1.29, 1.82) is 0 Å². The highest BCUT2D eigenvalue weighted by Crippen LogP contribution is 2.13. The summed E-state index contributed by atoms with van der Waals surface area (Å²) in [5, 5.41) is 1.12. The third-order valence-corrected chi connectivity index (χ3v) is 1.85. The van der Waals surface area contributed by atoms with Gasteiger partial charge < -0.3 is 4.42 Å². The van der Waals surface area contributed by atoms with Gasteiger partial charge in [0, 0.05) is 16.8 Å².